The van der Waals surface area contributed by atoms with Crippen molar-refractivity contribution in [2.24, 2.45) is 21.7 Å². The number of hydrogen-bond donors (Lipinski definition) is 1. The van der Waals surface area contributed by atoms with Gasteiger partial charge in [0.2, 0.25) is 24.0 Å². The summed E-state index contributed by atoms with van der Waals surface area (Å²) in [4.78, 5) is 103. The van der Waals surface area contributed by atoms with Crippen molar-refractivity contribution >= 4 is 47.6 Å². The van der Waals surface area contributed by atoms with Gasteiger partial charge in [0, 0.05) is 25.9 Å². The zero-order valence-electron chi connectivity index (χ0n) is 41.2. The molecule has 0 aromatic rings. The van der Waals surface area contributed by atoms with E-state index in [9.17, 15) is 38.4 Å². The second-order valence-electron chi connectivity index (χ2n) is 20.2. The van der Waals surface area contributed by atoms with Gasteiger partial charge in [-0.05, 0) is 95.9 Å². The third kappa shape index (κ3) is 21.2. The fraction of sp³-hybridized carbons (Fsp3) is 0.826. The molecule has 0 saturated carbocycles. The van der Waals surface area contributed by atoms with Gasteiger partial charge >= 0.3 is 29.8 Å². The summed E-state index contributed by atoms with van der Waals surface area (Å²) >= 11 is 0. The van der Waals surface area contributed by atoms with E-state index < -0.39 is 101 Å². The lowest BCUT2D eigenvalue weighted by molar-refractivity contribution is -0.277. The van der Waals surface area contributed by atoms with Crippen LogP contribution in [0.3, 0.4) is 0 Å². The van der Waals surface area contributed by atoms with Crippen LogP contribution in [-0.2, 0) is 85.7 Å². The third-order valence-corrected chi connectivity index (χ3v) is 9.75. The summed E-state index contributed by atoms with van der Waals surface area (Å²) in [6.45, 7) is 21.4. The van der Waals surface area contributed by atoms with E-state index in [0.29, 0.717) is 58.9 Å². The van der Waals surface area contributed by atoms with Crippen LogP contribution in [0.4, 0.5) is 0 Å². The normalized spacial score (nSPS) is 20.4. The van der Waals surface area contributed by atoms with Crippen molar-refractivity contribution in [3.05, 3.63) is 0 Å². The molecule has 2 saturated heterocycles. The van der Waals surface area contributed by atoms with Gasteiger partial charge in [0.25, 0.3) is 0 Å². The maximum atomic E-state index is 13.6. The summed E-state index contributed by atoms with van der Waals surface area (Å²) in [6.07, 6.45) is -3.63. The van der Waals surface area contributed by atoms with Gasteiger partial charge in [-0.3, -0.25) is 43.3 Å². The van der Waals surface area contributed by atoms with Crippen LogP contribution in [0.1, 0.15) is 122 Å². The van der Waals surface area contributed by atoms with Crippen molar-refractivity contribution in [3.63, 3.8) is 0 Å². The molecule has 0 bridgehead atoms. The number of carbonyl (C=O) groups is 8. The highest BCUT2D eigenvalue weighted by Gasteiger charge is 2.54. The van der Waals surface area contributed by atoms with Crippen LogP contribution in [0.25, 0.3) is 0 Å². The van der Waals surface area contributed by atoms with Gasteiger partial charge in [0.15, 0.2) is 12.2 Å². The molecule has 20 nitrogen and oxygen atoms in total. The highest BCUT2D eigenvalue weighted by atomic mass is 16.7. The summed E-state index contributed by atoms with van der Waals surface area (Å²) in [5.41, 5.74) is -3.96. The number of imide groups is 1. The Hall–Kier alpha value is -4.24. The van der Waals surface area contributed by atoms with Crippen LogP contribution in [0.2, 0.25) is 0 Å². The first-order valence-corrected chi connectivity index (χ1v) is 22.7. The van der Waals surface area contributed by atoms with E-state index in [-0.39, 0.29) is 50.9 Å². The minimum absolute atomic E-state index is 0.0124. The predicted molar refractivity (Wildman–Crippen MR) is 234 cm³/mol. The zero-order valence-corrected chi connectivity index (χ0v) is 41.2. The second kappa shape index (κ2) is 26.9. The van der Waals surface area contributed by atoms with Crippen LogP contribution < -0.4 is 5.32 Å². The summed E-state index contributed by atoms with van der Waals surface area (Å²) in [5, 5.41) is 2.84. The van der Waals surface area contributed by atoms with Crippen LogP contribution in [0.5, 0.6) is 0 Å². The Morgan fingerprint density at radius 3 is 1.47 bits per heavy atom. The molecular formula is C46H76N2O18. The summed E-state index contributed by atoms with van der Waals surface area (Å²) in [7, 11) is 0. The average Bonchev–Trinajstić information content (AvgIpc) is 3.51. The lowest BCUT2D eigenvalue weighted by Crippen LogP contribution is -2.67. The van der Waals surface area contributed by atoms with E-state index in [2.05, 4.69) is 5.32 Å². The Morgan fingerprint density at radius 1 is 0.545 bits per heavy atom. The molecule has 66 heavy (non-hydrogen) atoms. The Labute approximate surface area is 389 Å². The lowest BCUT2D eigenvalue weighted by atomic mass is 9.92. The van der Waals surface area contributed by atoms with E-state index in [1.807, 2.05) is 0 Å². The minimum atomic E-state index is -1.54. The van der Waals surface area contributed by atoms with Crippen LogP contribution >= 0.6 is 0 Å². The predicted octanol–water partition coefficient (Wildman–Crippen LogP) is 3.61. The number of amides is 3. The van der Waals surface area contributed by atoms with Gasteiger partial charge in [0.05, 0.1) is 67.9 Å². The van der Waals surface area contributed by atoms with E-state index in [0.717, 1.165) is 4.90 Å². The first-order chi connectivity index (χ1) is 30.6. The standard InChI is InChI=1S/C46H76N2O18/c1-43(2,3)39(53)62-29-30-36(64-40(54)44(4,5)6)37(65-41(55)45(7,8)9)35(38(63-30)66-42(56)46(10,11)12)47-31(49)16-14-13-15-19-57-20-21-58-22-23-59-24-25-60-26-27-61-34(52)28-48-32(50)17-18-33(48)51/h30,35-38H,13-29H2,1-12H3,(H,47,49)/t30-,35-,36+,37-,38?/m1/s1. The molecule has 0 spiro atoms. The number of likely N-dealkylation sites (tertiary alicyclic amines) is 1. The molecule has 2 aliphatic rings. The van der Waals surface area contributed by atoms with E-state index in [1.54, 1.807) is 83.1 Å². The zero-order chi connectivity index (χ0) is 49.9. The van der Waals surface area contributed by atoms with Crippen molar-refractivity contribution in [1.82, 2.24) is 10.2 Å². The van der Waals surface area contributed by atoms with Crippen LogP contribution in [0, 0.1) is 21.7 Å². The highest BCUT2D eigenvalue weighted by molar-refractivity contribution is 6.04. The van der Waals surface area contributed by atoms with Gasteiger partial charge in [-0.25, -0.2) is 0 Å². The van der Waals surface area contributed by atoms with Crippen LogP contribution in [-0.4, -0.2) is 156 Å². The molecule has 1 N–H and O–H groups in total. The summed E-state index contributed by atoms with van der Waals surface area (Å²) < 4.78 is 56.7. The van der Waals surface area contributed by atoms with Crippen LogP contribution in [0.15, 0.2) is 0 Å². The molecule has 2 fully saturated rings. The molecule has 0 aromatic heterocycles. The quantitative estimate of drug-likeness (QED) is 0.0563. The maximum Gasteiger partial charge on any atom is 0.326 e. The molecule has 2 aliphatic heterocycles. The van der Waals surface area contributed by atoms with Gasteiger partial charge < -0.3 is 52.7 Å². The first-order valence-electron chi connectivity index (χ1n) is 22.7. The SMILES string of the molecule is CC(C)(C)C(=O)OC[C@H]1OC(OC(=O)C(C)(C)C)[C@H](NC(=O)CCCCCOCCOCCOCCOCCOC(=O)CN2C(=O)CCC2=O)[C@@H](OC(=O)C(C)(C)C)[C@H]1OC(=O)C(C)(C)C. The third-order valence-electron chi connectivity index (χ3n) is 9.75. The van der Waals surface area contributed by atoms with Crippen molar-refractivity contribution < 1.29 is 85.7 Å². The van der Waals surface area contributed by atoms with Gasteiger partial charge in [-0.2, -0.15) is 0 Å². The van der Waals surface area contributed by atoms with Crippen molar-refractivity contribution in [2.45, 2.75) is 152 Å². The number of nitrogens with zero attached hydrogens (tertiary/aromatic N) is 1. The number of unbranched alkanes of at least 4 members (excludes halogenated alkanes) is 2. The lowest BCUT2D eigenvalue weighted by Gasteiger charge is -2.46. The summed E-state index contributed by atoms with van der Waals surface area (Å²) in [6, 6.07) is -1.33. The monoisotopic (exact) mass is 945 g/mol. The van der Waals surface area contributed by atoms with Crippen molar-refractivity contribution in [2.75, 3.05) is 72.6 Å². The van der Waals surface area contributed by atoms with Gasteiger partial charge in [-0.1, -0.05) is 6.42 Å². The Balaban J connectivity index is 1.87. The Kier molecular flexibility index (Phi) is 23.6. The molecule has 0 aliphatic carbocycles. The molecule has 1 unspecified atom stereocenters. The second-order valence-corrected chi connectivity index (χ2v) is 20.2. The van der Waals surface area contributed by atoms with Gasteiger partial charge in [0.1, 0.15) is 31.9 Å². The van der Waals surface area contributed by atoms with E-state index >= 15 is 0 Å². The van der Waals surface area contributed by atoms with Gasteiger partial charge in [-0.15, -0.1) is 0 Å². The fourth-order valence-corrected chi connectivity index (χ4v) is 5.71. The molecule has 20 heteroatoms. The highest BCUT2D eigenvalue weighted by Crippen LogP contribution is 2.33. The topological polar surface area (TPSA) is 244 Å². The molecule has 0 radical (unpaired) electrons. The fourth-order valence-electron chi connectivity index (χ4n) is 5.71. The maximum absolute atomic E-state index is 13.6. The number of carbonyl (C=O) groups excluding carboxylic acids is 8. The number of hydrogen-bond acceptors (Lipinski definition) is 18. The molecule has 378 valence electrons. The summed E-state index contributed by atoms with van der Waals surface area (Å²) in [5.74, 6) is -4.53. The molecule has 2 rings (SSSR count). The number of nitrogens with one attached hydrogen (secondary N) is 1. The number of esters is 5. The number of rotatable bonds is 26. The van der Waals surface area contributed by atoms with Crippen molar-refractivity contribution in [3.8, 4) is 0 Å². The smallest absolute Gasteiger partial charge is 0.326 e. The first kappa shape index (κ1) is 57.9. The average molecular weight is 945 g/mol. The minimum Gasteiger partial charge on any atom is -0.462 e. The van der Waals surface area contributed by atoms with E-state index in [1.165, 1.54) is 0 Å². The molecule has 5 atom stereocenters. The molecule has 2 heterocycles. The Bertz CT molecular complexity index is 1610. The number of ether oxygens (including phenoxy) is 10. The Morgan fingerprint density at radius 2 is 0.985 bits per heavy atom. The van der Waals surface area contributed by atoms with E-state index in [4.69, 9.17) is 47.4 Å². The van der Waals surface area contributed by atoms with Crippen molar-refractivity contribution in [1.29, 1.82) is 0 Å². The molecule has 3 amide bonds. The molecular weight excluding hydrogens is 869 g/mol. The largest absolute Gasteiger partial charge is 0.462 e. The molecule has 0 aromatic carbocycles.